The number of benzene rings is 2. The molecule has 0 unspecified atom stereocenters. The van der Waals surface area contributed by atoms with Gasteiger partial charge >= 0.3 is 0 Å². The Labute approximate surface area is 112 Å². The van der Waals surface area contributed by atoms with Crippen LogP contribution in [0.1, 0.15) is 11.1 Å². The van der Waals surface area contributed by atoms with Crippen LogP contribution in [0.2, 0.25) is 0 Å². The SMILES string of the molecule is C(=N\NCc1ccccc1)/c1c[nH]c2ccccc12. The highest BCUT2D eigenvalue weighted by Gasteiger charge is 1.98. The Kier molecular flexibility index (Phi) is 3.28. The van der Waals surface area contributed by atoms with Gasteiger partial charge in [0.15, 0.2) is 0 Å². The maximum atomic E-state index is 4.26. The zero-order valence-electron chi connectivity index (χ0n) is 10.5. The summed E-state index contributed by atoms with van der Waals surface area (Å²) < 4.78 is 0. The molecule has 19 heavy (non-hydrogen) atoms. The first-order chi connectivity index (χ1) is 9.43. The Morgan fingerprint density at radius 3 is 2.68 bits per heavy atom. The Morgan fingerprint density at radius 1 is 1.00 bits per heavy atom. The van der Waals surface area contributed by atoms with Crippen LogP contribution in [0.5, 0.6) is 0 Å². The van der Waals surface area contributed by atoms with Gasteiger partial charge in [0.25, 0.3) is 0 Å². The lowest BCUT2D eigenvalue weighted by molar-refractivity contribution is 0.748. The molecule has 2 aromatic carbocycles. The van der Waals surface area contributed by atoms with Gasteiger partial charge in [-0.25, -0.2) is 0 Å². The normalized spacial score (nSPS) is 11.2. The van der Waals surface area contributed by atoms with Crippen molar-refractivity contribution < 1.29 is 0 Å². The maximum absolute atomic E-state index is 4.26. The van der Waals surface area contributed by atoms with Crippen molar-refractivity contribution in [3.63, 3.8) is 0 Å². The van der Waals surface area contributed by atoms with Gasteiger partial charge in [-0.2, -0.15) is 5.10 Å². The molecule has 0 amide bonds. The number of aromatic nitrogens is 1. The fourth-order valence-electron chi connectivity index (χ4n) is 2.05. The van der Waals surface area contributed by atoms with E-state index in [2.05, 4.69) is 39.8 Å². The number of fused-ring (bicyclic) bond motifs is 1. The second-order valence-corrected chi connectivity index (χ2v) is 4.37. The van der Waals surface area contributed by atoms with E-state index in [4.69, 9.17) is 0 Å². The molecule has 2 N–H and O–H groups in total. The molecule has 0 aliphatic carbocycles. The smallest absolute Gasteiger partial charge is 0.0580 e. The highest BCUT2D eigenvalue weighted by molar-refractivity contribution is 5.98. The Morgan fingerprint density at radius 2 is 1.79 bits per heavy atom. The summed E-state index contributed by atoms with van der Waals surface area (Å²) in [5.74, 6) is 0. The number of hydrazone groups is 1. The van der Waals surface area contributed by atoms with Crippen molar-refractivity contribution in [3.05, 3.63) is 71.9 Å². The first kappa shape index (κ1) is 11.5. The lowest BCUT2D eigenvalue weighted by Gasteiger charge is -1.99. The van der Waals surface area contributed by atoms with E-state index in [0.29, 0.717) is 0 Å². The summed E-state index contributed by atoms with van der Waals surface area (Å²) in [7, 11) is 0. The van der Waals surface area contributed by atoms with E-state index < -0.39 is 0 Å². The van der Waals surface area contributed by atoms with Gasteiger partial charge in [-0.3, -0.25) is 0 Å². The molecule has 0 fully saturated rings. The summed E-state index contributed by atoms with van der Waals surface area (Å²) in [5, 5.41) is 5.45. The topological polar surface area (TPSA) is 40.2 Å². The second-order valence-electron chi connectivity index (χ2n) is 4.37. The molecule has 0 radical (unpaired) electrons. The molecule has 0 saturated heterocycles. The van der Waals surface area contributed by atoms with Gasteiger partial charge in [-0.05, 0) is 11.6 Å². The van der Waals surface area contributed by atoms with Crippen LogP contribution in [-0.4, -0.2) is 11.2 Å². The first-order valence-corrected chi connectivity index (χ1v) is 6.29. The predicted octanol–water partition coefficient (Wildman–Crippen LogP) is 3.29. The fourth-order valence-corrected chi connectivity index (χ4v) is 2.05. The van der Waals surface area contributed by atoms with Crippen molar-refractivity contribution in [3.8, 4) is 0 Å². The minimum absolute atomic E-state index is 0.736. The Bertz CT molecular complexity index is 683. The summed E-state index contributed by atoms with van der Waals surface area (Å²) in [4.78, 5) is 3.23. The lowest BCUT2D eigenvalue weighted by atomic mass is 10.2. The summed E-state index contributed by atoms with van der Waals surface area (Å²) in [6.07, 6.45) is 3.82. The van der Waals surface area contributed by atoms with Crippen LogP contribution in [0.15, 0.2) is 65.9 Å². The van der Waals surface area contributed by atoms with Crippen molar-refractivity contribution >= 4 is 17.1 Å². The third kappa shape index (κ3) is 2.65. The minimum Gasteiger partial charge on any atom is -0.361 e. The van der Waals surface area contributed by atoms with Crippen LogP contribution in [0.3, 0.4) is 0 Å². The van der Waals surface area contributed by atoms with Gasteiger partial charge in [-0.1, -0.05) is 48.5 Å². The summed E-state index contributed by atoms with van der Waals surface area (Å²) >= 11 is 0. The molecule has 1 aromatic heterocycles. The molecule has 0 aliphatic heterocycles. The molecule has 0 spiro atoms. The van der Waals surface area contributed by atoms with Crippen molar-refractivity contribution in [2.75, 3.05) is 0 Å². The van der Waals surface area contributed by atoms with Crippen LogP contribution >= 0.6 is 0 Å². The Hall–Kier alpha value is -2.55. The highest BCUT2D eigenvalue weighted by Crippen LogP contribution is 2.15. The number of rotatable bonds is 4. The van der Waals surface area contributed by atoms with Crippen molar-refractivity contribution in [1.29, 1.82) is 0 Å². The number of nitrogens with one attached hydrogen (secondary N) is 2. The van der Waals surface area contributed by atoms with E-state index >= 15 is 0 Å². The van der Waals surface area contributed by atoms with E-state index in [-0.39, 0.29) is 0 Å². The number of hydrogen-bond donors (Lipinski definition) is 2. The van der Waals surface area contributed by atoms with Crippen LogP contribution in [0.4, 0.5) is 0 Å². The quantitative estimate of drug-likeness (QED) is 0.540. The first-order valence-electron chi connectivity index (χ1n) is 6.29. The van der Waals surface area contributed by atoms with E-state index in [0.717, 1.165) is 17.6 Å². The summed E-state index contributed by atoms with van der Waals surface area (Å²) in [6, 6.07) is 18.4. The highest BCUT2D eigenvalue weighted by atomic mass is 15.3. The molecular formula is C16H15N3. The molecule has 0 saturated carbocycles. The molecule has 3 nitrogen and oxygen atoms in total. The van der Waals surface area contributed by atoms with Gasteiger partial charge in [-0.15, -0.1) is 0 Å². The van der Waals surface area contributed by atoms with Crippen molar-refractivity contribution in [2.45, 2.75) is 6.54 Å². The van der Waals surface area contributed by atoms with Crippen LogP contribution in [-0.2, 0) is 6.54 Å². The van der Waals surface area contributed by atoms with Gasteiger partial charge in [0.1, 0.15) is 0 Å². The van der Waals surface area contributed by atoms with E-state index in [1.807, 2.05) is 42.7 Å². The molecule has 3 aromatic rings. The Balaban J connectivity index is 1.67. The lowest BCUT2D eigenvalue weighted by Crippen LogP contribution is -2.05. The van der Waals surface area contributed by atoms with Gasteiger partial charge < -0.3 is 10.4 Å². The van der Waals surface area contributed by atoms with Crippen molar-refractivity contribution in [2.24, 2.45) is 5.10 Å². The largest absolute Gasteiger partial charge is 0.361 e. The fraction of sp³-hybridized carbons (Fsp3) is 0.0625. The molecule has 3 heteroatoms. The van der Waals surface area contributed by atoms with Crippen LogP contribution < -0.4 is 5.43 Å². The molecular weight excluding hydrogens is 234 g/mol. The third-order valence-corrected chi connectivity index (χ3v) is 3.04. The molecule has 94 valence electrons. The number of nitrogens with zero attached hydrogens (tertiary/aromatic N) is 1. The average Bonchev–Trinajstić information content (AvgIpc) is 2.88. The van der Waals surface area contributed by atoms with Crippen LogP contribution in [0.25, 0.3) is 10.9 Å². The van der Waals surface area contributed by atoms with Gasteiger partial charge in [0.05, 0.1) is 12.8 Å². The average molecular weight is 249 g/mol. The van der Waals surface area contributed by atoms with Gasteiger partial charge in [0.2, 0.25) is 0 Å². The molecule has 0 bridgehead atoms. The third-order valence-electron chi connectivity index (χ3n) is 3.04. The van der Waals surface area contributed by atoms with Crippen molar-refractivity contribution in [1.82, 2.24) is 10.4 Å². The number of hydrogen-bond acceptors (Lipinski definition) is 2. The van der Waals surface area contributed by atoms with Gasteiger partial charge in [0, 0.05) is 22.7 Å². The van der Waals surface area contributed by atoms with E-state index in [1.165, 1.54) is 10.9 Å². The molecule has 0 aliphatic rings. The van der Waals surface area contributed by atoms with E-state index in [1.54, 1.807) is 0 Å². The number of H-pyrrole nitrogens is 1. The zero-order valence-corrected chi connectivity index (χ0v) is 10.5. The minimum atomic E-state index is 0.736. The summed E-state index contributed by atoms with van der Waals surface area (Å²) in [6.45, 7) is 0.736. The number of para-hydroxylation sites is 1. The zero-order chi connectivity index (χ0) is 12.9. The molecule has 0 atom stereocenters. The second kappa shape index (κ2) is 5.40. The number of aromatic amines is 1. The predicted molar refractivity (Wildman–Crippen MR) is 79.2 cm³/mol. The summed E-state index contributed by atoms with van der Waals surface area (Å²) in [5.41, 5.74) is 6.51. The molecule has 1 heterocycles. The maximum Gasteiger partial charge on any atom is 0.0580 e. The van der Waals surface area contributed by atoms with E-state index in [9.17, 15) is 0 Å². The standard InChI is InChI=1S/C16H15N3/c1-2-6-13(7-3-1)10-18-19-12-14-11-17-16-9-5-4-8-15(14)16/h1-9,11-12,17-18H,10H2/b19-12+. The monoisotopic (exact) mass is 249 g/mol. The van der Waals surface area contributed by atoms with Crippen LogP contribution in [0, 0.1) is 0 Å². The molecule has 3 rings (SSSR count).